The average molecular weight is 339 g/mol. The molecule has 2 saturated heterocycles. The van der Waals surface area contributed by atoms with Gasteiger partial charge in [-0.3, -0.25) is 9.59 Å². The predicted octanol–water partition coefficient (Wildman–Crippen LogP) is 1.77. The molecule has 1 saturated carbocycles. The van der Waals surface area contributed by atoms with Crippen LogP contribution in [0.5, 0.6) is 0 Å². The molecule has 1 N–H and O–H groups in total. The summed E-state index contributed by atoms with van der Waals surface area (Å²) in [5.41, 5.74) is 0. The van der Waals surface area contributed by atoms with E-state index in [2.05, 4.69) is 0 Å². The van der Waals surface area contributed by atoms with Crippen molar-refractivity contribution in [3.8, 4) is 0 Å². The van der Waals surface area contributed by atoms with Crippen molar-refractivity contribution >= 4 is 11.9 Å². The van der Waals surface area contributed by atoms with E-state index >= 15 is 0 Å². The molecule has 2 heterocycles. The van der Waals surface area contributed by atoms with E-state index in [1.54, 1.807) is 14.2 Å². The molecule has 3 aliphatic rings. The summed E-state index contributed by atoms with van der Waals surface area (Å²) in [7, 11) is 3.43. The van der Waals surface area contributed by atoms with Crippen LogP contribution in [0.3, 0.4) is 0 Å². The number of piperidine rings is 2. The summed E-state index contributed by atoms with van der Waals surface area (Å²) >= 11 is 0. The molecule has 3 fully saturated rings. The smallest absolute Gasteiger partial charge is 0.307 e. The van der Waals surface area contributed by atoms with Crippen LogP contribution in [0.4, 0.5) is 0 Å². The number of carboxylic acid groups (broad SMARTS) is 1. The Kier molecular flexibility index (Phi) is 5.16. The fourth-order valence-electron chi connectivity index (χ4n) is 5.36. The number of aliphatic carboxylic acids is 1. The van der Waals surface area contributed by atoms with E-state index in [4.69, 9.17) is 9.47 Å². The van der Waals surface area contributed by atoms with Gasteiger partial charge >= 0.3 is 5.97 Å². The Hall–Kier alpha value is -1.14. The summed E-state index contributed by atoms with van der Waals surface area (Å²) in [6.07, 6.45) is 4.06. The van der Waals surface area contributed by atoms with Crippen LogP contribution in [-0.4, -0.2) is 60.9 Å². The van der Waals surface area contributed by atoms with Crippen molar-refractivity contribution in [3.05, 3.63) is 0 Å². The van der Waals surface area contributed by atoms with E-state index in [9.17, 15) is 14.7 Å². The second-order valence-corrected chi connectivity index (χ2v) is 7.53. The second kappa shape index (κ2) is 7.00. The largest absolute Gasteiger partial charge is 0.481 e. The van der Waals surface area contributed by atoms with Crippen molar-refractivity contribution in [2.75, 3.05) is 20.8 Å². The maximum Gasteiger partial charge on any atom is 0.307 e. The van der Waals surface area contributed by atoms with E-state index in [-0.39, 0.29) is 30.1 Å². The molecule has 0 spiro atoms. The molecule has 6 heteroatoms. The first-order chi connectivity index (χ1) is 11.5. The summed E-state index contributed by atoms with van der Waals surface area (Å²) in [4.78, 5) is 26.5. The Labute approximate surface area is 143 Å². The number of ether oxygens (including phenoxy) is 2. The number of carbonyl (C=O) groups is 2. The second-order valence-electron chi connectivity index (χ2n) is 7.53. The number of carboxylic acids is 1. The van der Waals surface area contributed by atoms with E-state index in [0.29, 0.717) is 24.7 Å². The van der Waals surface area contributed by atoms with Crippen molar-refractivity contribution in [1.29, 1.82) is 0 Å². The normalized spacial score (nSPS) is 42.4. The topological polar surface area (TPSA) is 76.1 Å². The number of methoxy groups -OCH3 is 2. The fourth-order valence-corrected chi connectivity index (χ4v) is 5.36. The minimum absolute atomic E-state index is 0.0264. The van der Waals surface area contributed by atoms with Crippen molar-refractivity contribution in [2.45, 2.75) is 57.3 Å². The van der Waals surface area contributed by atoms with Gasteiger partial charge < -0.3 is 19.5 Å². The van der Waals surface area contributed by atoms with Gasteiger partial charge in [0.1, 0.15) is 0 Å². The van der Waals surface area contributed by atoms with Gasteiger partial charge in [-0.2, -0.15) is 0 Å². The molecule has 6 nitrogen and oxygen atoms in total. The third kappa shape index (κ3) is 2.84. The fraction of sp³-hybridized carbons (Fsp3) is 0.889. The molecular weight excluding hydrogens is 310 g/mol. The molecule has 24 heavy (non-hydrogen) atoms. The number of amides is 1. The maximum atomic E-state index is 12.9. The standard InChI is InChI=1S/C18H29NO5/c1-4-11-13(18(21)22)8-14-12-9-16(24-3)15(23-2)7-10(12)5-6-19(14)17(11)20/h10-16H,4-9H2,1-3H3,(H,21,22)/t10-,11+,12+,13+,14+,15+,16-/m1/s1. The molecule has 0 bridgehead atoms. The monoisotopic (exact) mass is 339 g/mol. The van der Waals surface area contributed by atoms with E-state index < -0.39 is 11.9 Å². The van der Waals surface area contributed by atoms with Crippen LogP contribution in [0, 0.1) is 23.7 Å². The molecule has 0 aromatic rings. The van der Waals surface area contributed by atoms with Gasteiger partial charge in [0.05, 0.1) is 24.0 Å². The predicted molar refractivity (Wildman–Crippen MR) is 87.4 cm³/mol. The highest BCUT2D eigenvalue weighted by molar-refractivity contribution is 5.86. The lowest BCUT2D eigenvalue weighted by atomic mass is 9.64. The lowest BCUT2D eigenvalue weighted by Crippen LogP contribution is -2.61. The molecule has 2 aliphatic heterocycles. The van der Waals surface area contributed by atoms with E-state index in [1.807, 2.05) is 11.8 Å². The number of nitrogens with zero attached hydrogens (tertiary/aromatic N) is 1. The van der Waals surface area contributed by atoms with Gasteiger partial charge in [0.15, 0.2) is 0 Å². The minimum Gasteiger partial charge on any atom is -0.481 e. The zero-order valence-electron chi connectivity index (χ0n) is 14.8. The highest BCUT2D eigenvalue weighted by atomic mass is 16.5. The summed E-state index contributed by atoms with van der Waals surface area (Å²) in [5, 5.41) is 9.61. The number of hydrogen-bond acceptors (Lipinski definition) is 4. The molecule has 0 radical (unpaired) electrons. The van der Waals surface area contributed by atoms with E-state index in [1.165, 1.54) is 0 Å². The average Bonchev–Trinajstić information content (AvgIpc) is 2.59. The van der Waals surface area contributed by atoms with Crippen LogP contribution in [-0.2, 0) is 19.1 Å². The highest BCUT2D eigenvalue weighted by Crippen LogP contribution is 2.46. The Morgan fingerprint density at radius 3 is 2.46 bits per heavy atom. The molecular formula is C18H29NO5. The van der Waals surface area contributed by atoms with Gasteiger partial charge in [-0.05, 0) is 43.9 Å². The van der Waals surface area contributed by atoms with Gasteiger partial charge in [-0.25, -0.2) is 0 Å². The van der Waals surface area contributed by atoms with Crippen LogP contribution in [0.15, 0.2) is 0 Å². The van der Waals surface area contributed by atoms with Crippen LogP contribution in [0.1, 0.15) is 39.0 Å². The number of rotatable bonds is 4. The third-order valence-electron chi connectivity index (χ3n) is 6.64. The molecule has 1 amide bonds. The molecule has 0 aromatic heterocycles. The van der Waals surface area contributed by atoms with Crippen molar-refractivity contribution in [2.24, 2.45) is 23.7 Å². The Balaban J connectivity index is 1.84. The first-order valence-corrected chi connectivity index (χ1v) is 9.10. The van der Waals surface area contributed by atoms with Gasteiger partial charge in [0.2, 0.25) is 5.91 Å². The van der Waals surface area contributed by atoms with Crippen LogP contribution in [0.2, 0.25) is 0 Å². The Bertz CT molecular complexity index is 496. The van der Waals surface area contributed by atoms with Crippen molar-refractivity contribution < 1.29 is 24.2 Å². The molecule has 7 atom stereocenters. The zero-order chi connectivity index (χ0) is 17.4. The van der Waals surface area contributed by atoms with Crippen molar-refractivity contribution in [3.63, 3.8) is 0 Å². The molecule has 0 unspecified atom stereocenters. The molecule has 136 valence electrons. The van der Waals surface area contributed by atoms with Crippen LogP contribution < -0.4 is 0 Å². The summed E-state index contributed by atoms with van der Waals surface area (Å²) in [6.45, 7) is 2.66. The highest BCUT2D eigenvalue weighted by Gasteiger charge is 2.52. The summed E-state index contributed by atoms with van der Waals surface area (Å²) < 4.78 is 11.2. The number of hydrogen-bond donors (Lipinski definition) is 1. The lowest BCUT2D eigenvalue weighted by molar-refractivity contribution is -0.169. The summed E-state index contributed by atoms with van der Waals surface area (Å²) in [5.74, 6) is -0.900. The first-order valence-electron chi connectivity index (χ1n) is 9.10. The lowest BCUT2D eigenvalue weighted by Gasteiger charge is -2.54. The van der Waals surface area contributed by atoms with Crippen molar-refractivity contribution in [1.82, 2.24) is 4.90 Å². The third-order valence-corrected chi connectivity index (χ3v) is 6.64. The zero-order valence-corrected chi connectivity index (χ0v) is 14.8. The molecule has 3 rings (SSSR count). The quantitative estimate of drug-likeness (QED) is 0.845. The first kappa shape index (κ1) is 17.7. The van der Waals surface area contributed by atoms with Gasteiger partial charge in [-0.15, -0.1) is 0 Å². The maximum absolute atomic E-state index is 12.9. The van der Waals surface area contributed by atoms with Gasteiger partial charge in [0, 0.05) is 26.8 Å². The van der Waals surface area contributed by atoms with E-state index in [0.717, 1.165) is 25.8 Å². The minimum atomic E-state index is -0.828. The van der Waals surface area contributed by atoms with Gasteiger partial charge in [-0.1, -0.05) is 6.92 Å². The number of fused-ring (bicyclic) bond motifs is 3. The Morgan fingerprint density at radius 1 is 1.21 bits per heavy atom. The SMILES string of the molecule is CC[C@@H]1C(=O)N2CC[C@@H]3C[C@H](OC)[C@H](OC)C[C@@H]3[C@@H]2C[C@@H]1C(=O)O. The van der Waals surface area contributed by atoms with Crippen LogP contribution in [0.25, 0.3) is 0 Å². The molecule has 1 aliphatic carbocycles. The van der Waals surface area contributed by atoms with Crippen LogP contribution >= 0.6 is 0 Å². The molecule has 0 aromatic carbocycles. The van der Waals surface area contributed by atoms with Gasteiger partial charge in [0.25, 0.3) is 0 Å². The summed E-state index contributed by atoms with van der Waals surface area (Å²) in [6, 6.07) is 0.0376. The Morgan fingerprint density at radius 2 is 1.88 bits per heavy atom. The number of carbonyl (C=O) groups excluding carboxylic acids is 1.